The number of hydrogen-bond acceptors (Lipinski definition) is 4. The van der Waals surface area contributed by atoms with Gasteiger partial charge in [-0.25, -0.2) is 0 Å². The first-order valence-corrected chi connectivity index (χ1v) is 8.87. The molecule has 0 aliphatic heterocycles. The Labute approximate surface area is 139 Å². The summed E-state index contributed by atoms with van der Waals surface area (Å²) < 4.78 is 16.8. The lowest BCUT2D eigenvalue weighted by molar-refractivity contribution is 0.0950. The molecular weight excluding hydrogens is 312 g/mol. The number of nitrogens with zero attached hydrogens (tertiary/aromatic N) is 1. The monoisotopic (exact) mass is 332 g/mol. The van der Waals surface area contributed by atoms with Crippen molar-refractivity contribution in [2.24, 2.45) is 0 Å². The molecule has 5 nitrogen and oxygen atoms in total. The molecular formula is C17H20N2O3S. The number of amides is 1. The standard InChI is InChI=1S/C17H20N2O3S/c1-4-22-16-9-14(11-18-12(16)2)17(20)19-10-13-5-7-15(8-6-13)23(3)21/h5-9,11H,4,10H2,1-3H3,(H,19,20). The number of hydrogen-bond donors (Lipinski definition) is 1. The fourth-order valence-electron chi connectivity index (χ4n) is 2.02. The van der Waals surface area contributed by atoms with Crippen molar-refractivity contribution in [1.82, 2.24) is 10.3 Å². The second-order valence-corrected chi connectivity index (χ2v) is 6.40. The average Bonchev–Trinajstić information content (AvgIpc) is 2.55. The molecule has 6 heteroatoms. The van der Waals surface area contributed by atoms with Crippen molar-refractivity contribution < 1.29 is 14.1 Å². The average molecular weight is 332 g/mol. The van der Waals surface area contributed by atoms with E-state index in [-0.39, 0.29) is 5.91 Å². The van der Waals surface area contributed by atoms with Crippen LogP contribution in [0.2, 0.25) is 0 Å². The van der Waals surface area contributed by atoms with E-state index in [1.165, 1.54) is 6.20 Å². The van der Waals surface area contributed by atoms with Crippen LogP contribution in [0, 0.1) is 6.92 Å². The molecule has 0 saturated carbocycles. The predicted octanol–water partition coefficient (Wildman–Crippen LogP) is 2.46. The van der Waals surface area contributed by atoms with E-state index >= 15 is 0 Å². The number of ether oxygens (including phenoxy) is 1. The molecule has 0 aliphatic rings. The number of carbonyl (C=O) groups excluding carboxylic acids is 1. The number of rotatable bonds is 6. The molecule has 0 spiro atoms. The minimum absolute atomic E-state index is 0.207. The maximum Gasteiger partial charge on any atom is 0.253 e. The number of nitrogens with one attached hydrogen (secondary N) is 1. The van der Waals surface area contributed by atoms with Crippen molar-refractivity contribution in [3.63, 3.8) is 0 Å². The van der Waals surface area contributed by atoms with E-state index in [1.54, 1.807) is 24.5 Å². The Hall–Kier alpha value is -2.05. The Morgan fingerprint density at radius 2 is 2.04 bits per heavy atom. The van der Waals surface area contributed by atoms with Crippen molar-refractivity contribution in [2.75, 3.05) is 12.9 Å². The quantitative estimate of drug-likeness (QED) is 0.825. The molecule has 1 N–H and O–H groups in total. The van der Waals surface area contributed by atoms with Crippen molar-refractivity contribution in [3.8, 4) is 5.75 Å². The van der Waals surface area contributed by atoms with Gasteiger partial charge in [0, 0.05) is 12.7 Å². The van der Waals surface area contributed by atoms with Crippen LogP contribution >= 0.6 is 0 Å². The summed E-state index contributed by atoms with van der Waals surface area (Å²) in [5, 5.41) is 2.84. The topological polar surface area (TPSA) is 74.3 Å². The van der Waals surface area contributed by atoms with Gasteiger partial charge in [-0.05, 0) is 48.8 Å². The van der Waals surface area contributed by atoms with Gasteiger partial charge < -0.3 is 14.6 Å². The van der Waals surface area contributed by atoms with Gasteiger partial charge in [0.05, 0.1) is 17.9 Å². The Balaban J connectivity index is 2.00. The SMILES string of the molecule is CCOc1cc(C(=O)NCc2ccc([S+](C)[O-])cc2)cnc1C. The van der Waals surface area contributed by atoms with Crippen LogP contribution in [-0.2, 0) is 17.7 Å². The van der Waals surface area contributed by atoms with Crippen molar-refractivity contribution >= 4 is 17.1 Å². The van der Waals surface area contributed by atoms with E-state index in [2.05, 4.69) is 10.3 Å². The summed E-state index contributed by atoms with van der Waals surface area (Å²) in [5.74, 6) is 0.413. The van der Waals surface area contributed by atoms with Crippen LogP contribution in [0.15, 0.2) is 41.4 Å². The molecule has 0 radical (unpaired) electrons. The van der Waals surface area contributed by atoms with E-state index in [1.807, 2.05) is 26.0 Å². The summed E-state index contributed by atoms with van der Waals surface area (Å²) >= 11 is -0.996. The highest BCUT2D eigenvalue weighted by atomic mass is 32.2. The normalized spacial score (nSPS) is 11.8. The molecule has 1 aromatic heterocycles. The van der Waals surface area contributed by atoms with Crippen LogP contribution < -0.4 is 10.1 Å². The molecule has 2 rings (SSSR count). The zero-order valence-corrected chi connectivity index (χ0v) is 14.3. The Morgan fingerprint density at radius 1 is 1.35 bits per heavy atom. The van der Waals surface area contributed by atoms with Gasteiger partial charge >= 0.3 is 0 Å². The maximum absolute atomic E-state index is 12.2. The molecule has 23 heavy (non-hydrogen) atoms. The van der Waals surface area contributed by atoms with Crippen LogP contribution in [0.25, 0.3) is 0 Å². The summed E-state index contributed by atoms with van der Waals surface area (Å²) in [5.41, 5.74) is 2.16. The lowest BCUT2D eigenvalue weighted by Crippen LogP contribution is -2.23. The molecule has 0 saturated heterocycles. The lowest BCUT2D eigenvalue weighted by Gasteiger charge is -2.10. The molecule has 1 atom stereocenters. The summed E-state index contributed by atoms with van der Waals surface area (Å²) in [6.45, 7) is 4.65. The molecule has 1 unspecified atom stereocenters. The van der Waals surface area contributed by atoms with Gasteiger partial charge in [0.25, 0.3) is 5.91 Å². The second kappa shape index (κ2) is 7.99. The Kier molecular flexibility index (Phi) is 6.01. The molecule has 1 heterocycles. The Morgan fingerprint density at radius 3 is 2.65 bits per heavy atom. The molecule has 0 bridgehead atoms. The van der Waals surface area contributed by atoms with Crippen LogP contribution in [-0.4, -0.2) is 28.3 Å². The first-order chi connectivity index (χ1) is 11.0. The van der Waals surface area contributed by atoms with Crippen molar-refractivity contribution in [3.05, 3.63) is 53.3 Å². The molecule has 1 aromatic carbocycles. The van der Waals surface area contributed by atoms with Crippen LogP contribution in [0.5, 0.6) is 5.75 Å². The van der Waals surface area contributed by atoms with Crippen molar-refractivity contribution in [1.29, 1.82) is 0 Å². The van der Waals surface area contributed by atoms with Gasteiger partial charge in [-0.2, -0.15) is 0 Å². The zero-order chi connectivity index (χ0) is 16.8. The fourth-order valence-corrected chi connectivity index (χ4v) is 2.54. The molecule has 0 aliphatic carbocycles. The third-order valence-corrected chi connectivity index (χ3v) is 4.25. The minimum Gasteiger partial charge on any atom is -0.612 e. The molecule has 0 fully saturated rings. The first-order valence-electron chi connectivity index (χ1n) is 7.31. The van der Waals surface area contributed by atoms with E-state index < -0.39 is 11.2 Å². The molecule has 122 valence electrons. The van der Waals surface area contributed by atoms with Gasteiger partial charge in [-0.1, -0.05) is 12.1 Å². The second-order valence-electron chi connectivity index (χ2n) is 5.02. The van der Waals surface area contributed by atoms with E-state index in [0.29, 0.717) is 24.5 Å². The lowest BCUT2D eigenvalue weighted by atomic mass is 10.2. The van der Waals surface area contributed by atoms with Gasteiger partial charge in [-0.15, -0.1) is 0 Å². The highest BCUT2D eigenvalue weighted by Gasteiger charge is 2.10. The van der Waals surface area contributed by atoms with Gasteiger partial charge in [0.1, 0.15) is 12.0 Å². The fraction of sp³-hybridized carbons (Fsp3) is 0.294. The number of aromatic nitrogens is 1. The third-order valence-electron chi connectivity index (χ3n) is 3.31. The van der Waals surface area contributed by atoms with Crippen LogP contribution in [0.4, 0.5) is 0 Å². The molecule has 1 amide bonds. The maximum atomic E-state index is 12.2. The zero-order valence-electron chi connectivity index (χ0n) is 13.5. The Bertz CT molecular complexity index is 672. The first kappa shape index (κ1) is 17.3. The van der Waals surface area contributed by atoms with Gasteiger partial charge in [0.2, 0.25) is 0 Å². The summed E-state index contributed by atoms with van der Waals surface area (Å²) in [6, 6.07) is 9.02. The number of aryl methyl sites for hydroxylation is 1. The third kappa shape index (κ3) is 4.71. The largest absolute Gasteiger partial charge is 0.612 e. The highest BCUT2D eigenvalue weighted by Crippen LogP contribution is 2.17. The predicted molar refractivity (Wildman–Crippen MR) is 90.1 cm³/mol. The number of pyridine rings is 1. The summed E-state index contributed by atoms with van der Waals surface area (Å²) in [4.78, 5) is 17.2. The van der Waals surface area contributed by atoms with E-state index in [9.17, 15) is 9.35 Å². The van der Waals surface area contributed by atoms with Crippen molar-refractivity contribution in [2.45, 2.75) is 25.3 Å². The van der Waals surface area contributed by atoms with Crippen LogP contribution in [0.1, 0.15) is 28.5 Å². The minimum atomic E-state index is -0.996. The summed E-state index contributed by atoms with van der Waals surface area (Å²) in [7, 11) is 0. The van der Waals surface area contributed by atoms with Gasteiger partial charge in [-0.3, -0.25) is 9.78 Å². The van der Waals surface area contributed by atoms with Crippen LogP contribution in [0.3, 0.4) is 0 Å². The highest BCUT2D eigenvalue weighted by molar-refractivity contribution is 7.90. The van der Waals surface area contributed by atoms with E-state index in [0.717, 1.165) is 16.2 Å². The number of benzene rings is 1. The number of carbonyl (C=O) groups is 1. The molecule has 2 aromatic rings. The smallest absolute Gasteiger partial charge is 0.253 e. The van der Waals surface area contributed by atoms with Gasteiger partial charge in [0.15, 0.2) is 4.90 Å². The summed E-state index contributed by atoms with van der Waals surface area (Å²) in [6.07, 6.45) is 3.17. The van der Waals surface area contributed by atoms with E-state index in [4.69, 9.17) is 4.74 Å².